The summed E-state index contributed by atoms with van der Waals surface area (Å²) < 4.78 is 0. The summed E-state index contributed by atoms with van der Waals surface area (Å²) in [6, 6.07) is 14.9. The fourth-order valence-corrected chi connectivity index (χ4v) is 1.87. The Morgan fingerprint density at radius 2 is 1.91 bits per heavy atom. The van der Waals surface area contributed by atoms with Gasteiger partial charge < -0.3 is 0 Å². The molecule has 0 aliphatic rings. The average molecular weight is 291 g/mol. The van der Waals surface area contributed by atoms with E-state index in [0.29, 0.717) is 11.4 Å². The van der Waals surface area contributed by atoms with E-state index in [-0.39, 0.29) is 5.91 Å². The number of carbonyl (C=O) groups excluding carboxylic acids is 1. The van der Waals surface area contributed by atoms with Crippen molar-refractivity contribution < 1.29 is 4.79 Å². The highest BCUT2D eigenvalue weighted by Gasteiger charge is 2.09. The first kappa shape index (κ1) is 13.7. The van der Waals surface area contributed by atoms with Crippen LogP contribution in [0.25, 0.3) is 11.3 Å². The number of H-pyrrole nitrogens is 1. The van der Waals surface area contributed by atoms with E-state index in [9.17, 15) is 4.79 Å². The standard InChI is InChI=1S/C16H13N5O/c22-16(21-18-11-12-6-8-17-9-7-12)15-10-14(19-20-15)13-4-2-1-3-5-13/h1-11H,(H,19,20)(H,21,22)/b18-11+. The quantitative estimate of drug-likeness (QED) is 0.571. The number of rotatable bonds is 4. The third-order valence-corrected chi connectivity index (χ3v) is 2.98. The molecule has 6 heteroatoms. The van der Waals surface area contributed by atoms with Crippen LogP contribution in [-0.2, 0) is 0 Å². The minimum Gasteiger partial charge on any atom is -0.272 e. The molecule has 0 saturated carbocycles. The van der Waals surface area contributed by atoms with E-state index < -0.39 is 0 Å². The van der Waals surface area contributed by atoms with Gasteiger partial charge in [-0.05, 0) is 23.8 Å². The van der Waals surface area contributed by atoms with Crippen molar-refractivity contribution in [2.24, 2.45) is 5.10 Å². The predicted octanol–water partition coefficient (Wildman–Crippen LogP) is 2.24. The molecule has 0 atom stereocenters. The van der Waals surface area contributed by atoms with Crippen LogP contribution in [0.15, 0.2) is 66.0 Å². The molecular formula is C16H13N5O. The van der Waals surface area contributed by atoms with Gasteiger partial charge in [-0.2, -0.15) is 10.2 Å². The van der Waals surface area contributed by atoms with E-state index in [4.69, 9.17) is 0 Å². The Morgan fingerprint density at radius 1 is 1.14 bits per heavy atom. The van der Waals surface area contributed by atoms with Crippen LogP contribution in [-0.4, -0.2) is 27.3 Å². The van der Waals surface area contributed by atoms with Crippen LogP contribution in [0.4, 0.5) is 0 Å². The van der Waals surface area contributed by atoms with E-state index in [2.05, 4.69) is 25.7 Å². The molecule has 3 rings (SSSR count). The molecule has 0 fully saturated rings. The number of hydrogen-bond acceptors (Lipinski definition) is 4. The monoisotopic (exact) mass is 291 g/mol. The third-order valence-electron chi connectivity index (χ3n) is 2.98. The third kappa shape index (κ3) is 3.24. The molecule has 0 saturated heterocycles. The SMILES string of the molecule is O=C(N/N=C/c1ccncc1)c1cc(-c2ccccc2)n[nH]1. The number of hydrazone groups is 1. The topological polar surface area (TPSA) is 83.0 Å². The van der Waals surface area contributed by atoms with E-state index in [1.807, 2.05) is 30.3 Å². The van der Waals surface area contributed by atoms with Gasteiger partial charge in [0, 0.05) is 18.0 Å². The van der Waals surface area contributed by atoms with Crippen LogP contribution in [0.3, 0.4) is 0 Å². The number of benzene rings is 1. The van der Waals surface area contributed by atoms with Crippen LogP contribution in [0.1, 0.15) is 16.1 Å². The van der Waals surface area contributed by atoms with Crippen molar-refractivity contribution in [3.8, 4) is 11.3 Å². The van der Waals surface area contributed by atoms with Gasteiger partial charge in [0.15, 0.2) is 0 Å². The molecule has 2 aromatic heterocycles. The normalized spacial score (nSPS) is 10.7. The maximum absolute atomic E-state index is 12.0. The first-order valence-corrected chi connectivity index (χ1v) is 6.67. The number of hydrogen-bond donors (Lipinski definition) is 2. The average Bonchev–Trinajstić information content (AvgIpc) is 3.07. The number of nitrogens with one attached hydrogen (secondary N) is 2. The summed E-state index contributed by atoms with van der Waals surface area (Å²) in [5.74, 6) is -0.347. The summed E-state index contributed by atoms with van der Waals surface area (Å²) in [6.45, 7) is 0. The van der Waals surface area contributed by atoms with Crippen molar-refractivity contribution in [1.29, 1.82) is 0 Å². The Bertz CT molecular complexity index is 781. The van der Waals surface area contributed by atoms with Gasteiger partial charge in [0.1, 0.15) is 5.69 Å². The van der Waals surface area contributed by atoms with Gasteiger partial charge in [0.2, 0.25) is 0 Å². The Labute approximate surface area is 126 Å². The van der Waals surface area contributed by atoms with E-state index in [1.165, 1.54) is 0 Å². The van der Waals surface area contributed by atoms with Gasteiger partial charge >= 0.3 is 0 Å². The number of nitrogens with zero attached hydrogens (tertiary/aromatic N) is 3. The van der Waals surface area contributed by atoms with Crippen molar-refractivity contribution in [1.82, 2.24) is 20.6 Å². The molecule has 0 aliphatic carbocycles. The van der Waals surface area contributed by atoms with Crippen molar-refractivity contribution >= 4 is 12.1 Å². The summed E-state index contributed by atoms with van der Waals surface area (Å²) >= 11 is 0. The van der Waals surface area contributed by atoms with Crippen LogP contribution < -0.4 is 5.43 Å². The van der Waals surface area contributed by atoms with Gasteiger partial charge in [0.25, 0.3) is 5.91 Å². The highest BCUT2D eigenvalue weighted by molar-refractivity contribution is 5.94. The lowest BCUT2D eigenvalue weighted by Gasteiger charge is -1.95. The smallest absolute Gasteiger partial charge is 0.272 e. The van der Waals surface area contributed by atoms with E-state index >= 15 is 0 Å². The first-order valence-electron chi connectivity index (χ1n) is 6.67. The Balaban J connectivity index is 1.66. The summed E-state index contributed by atoms with van der Waals surface area (Å²) in [5, 5.41) is 10.7. The predicted molar refractivity (Wildman–Crippen MR) is 83.3 cm³/mol. The molecule has 1 aromatic carbocycles. The summed E-state index contributed by atoms with van der Waals surface area (Å²) in [7, 11) is 0. The maximum atomic E-state index is 12.0. The van der Waals surface area contributed by atoms with Crippen molar-refractivity contribution in [2.75, 3.05) is 0 Å². The fourth-order valence-electron chi connectivity index (χ4n) is 1.87. The summed E-state index contributed by atoms with van der Waals surface area (Å²) in [6.07, 6.45) is 4.86. The minimum atomic E-state index is -0.347. The minimum absolute atomic E-state index is 0.347. The molecule has 0 aliphatic heterocycles. The molecule has 2 N–H and O–H groups in total. The molecule has 3 aromatic rings. The maximum Gasteiger partial charge on any atom is 0.289 e. The largest absolute Gasteiger partial charge is 0.289 e. The van der Waals surface area contributed by atoms with Crippen molar-refractivity contribution in [3.63, 3.8) is 0 Å². The van der Waals surface area contributed by atoms with Crippen molar-refractivity contribution in [3.05, 3.63) is 72.2 Å². The van der Waals surface area contributed by atoms with Crippen LogP contribution >= 0.6 is 0 Å². The number of aromatic nitrogens is 3. The molecule has 0 bridgehead atoms. The molecule has 1 amide bonds. The second-order valence-electron chi connectivity index (χ2n) is 4.51. The lowest BCUT2D eigenvalue weighted by atomic mass is 10.1. The number of aromatic amines is 1. The molecule has 108 valence electrons. The Morgan fingerprint density at radius 3 is 2.68 bits per heavy atom. The van der Waals surface area contributed by atoms with Gasteiger partial charge in [0.05, 0.1) is 11.9 Å². The first-order chi connectivity index (χ1) is 10.8. The fraction of sp³-hybridized carbons (Fsp3) is 0. The summed E-state index contributed by atoms with van der Waals surface area (Å²) in [4.78, 5) is 15.9. The molecular weight excluding hydrogens is 278 g/mol. The van der Waals surface area contributed by atoms with Gasteiger partial charge in [-0.3, -0.25) is 14.9 Å². The van der Waals surface area contributed by atoms with E-state index in [0.717, 1.165) is 11.1 Å². The van der Waals surface area contributed by atoms with Crippen LogP contribution in [0.2, 0.25) is 0 Å². The highest BCUT2D eigenvalue weighted by Crippen LogP contribution is 2.16. The van der Waals surface area contributed by atoms with Gasteiger partial charge in [-0.15, -0.1) is 0 Å². The summed E-state index contributed by atoms with van der Waals surface area (Å²) in [5.41, 5.74) is 5.31. The Hall–Kier alpha value is -3.28. The lowest BCUT2D eigenvalue weighted by molar-refractivity contribution is 0.0950. The molecule has 0 radical (unpaired) electrons. The highest BCUT2D eigenvalue weighted by atomic mass is 16.2. The lowest BCUT2D eigenvalue weighted by Crippen LogP contribution is -2.17. The number of pyridine rings is 1. The van der Waals surface area contributed by atoms with Gasteiger partial charge in [-0.1, -0.05) is 30.3 Å². The second kappa shape index (κ2) is 6.45. The molecule has 22 heavy (non-hydrogen) atoms. The van der Waals surface area contributed by atoms with Gasteiger partial charge in [-0.25, -0.2) is 5.43 Å². The zero-order valence-electron chi connectivity index (χ0n) is 11.6. The van der Waals surface area contributed by atoms with Crippen molar-refractivity contribution in [2.45, 2.75) is 0 Å². The molecule has 6 nitrogen and oxygen atoms in total. The van der Waals surface area contributed by atoms with E-state index in [1.54, 1.807) is 36.8 Å². The second-order valence-corrected chi connectivity index (χ2v) is 4.51. The zero-order valence-corrected chi connectivity index (χ0v) is 11.6. The molecule has 2 heterocycles. The molecule has 0 spiro atoms. The number of amides is 1. The molecule has 0 unspecified atom stereocenters. The number of carbonyl (C=O) groups is 1. The Kier molecular flexibility index (Phi) is 4.01. The van der Waals surface area contributed by atoms with Crippen LogP contribution in [0.5, 0.6) is 0 Å². The van der Waals surface area contributed by atoms with Crippen LogP contribution in [0, 0.1) is 0 Å². The zero-order chi connectivity index (χ0) is 15.2.